The Bertz CT molecular complexity index is 459. The number of likely N-dealkylation sites (tertiary alicyclic amines) is 1. The summed E-state index contributed by atoms with van der Waals surface area (Å²) in [4.78, 5) is 14.3. The summed E-state index contributed by atoms with van der Waals surface area (Å²) >= 11 is 5.90. The van der Waals surface area contributed by atoms with Gasteiger partial charge in [0, 0.05) is 29.7 Å². The summed E-state index contributed by atoms with van der Waals surface area (Å²) in [5, 5.41) is 0.666. The highest BCUT2D eigenvalue weighted by atomic mass is 35.5. The van der Waals surface area contributed by atoms with Crippen molar-refractivity contribution in [2.75, 3.05) is 13.1 Å². The molecule has 4 heteroatoms. The van der Waals surface area contributed by atoms with Crippen molar-refractivity contribution in [3.05, 3.63) is 34.3 Å². The number of nitrogens with zero attached hydrogens (tertiary/aromatic N) is 1. The zero-order valence-electron chi connectivity index (χ0n) is 10.8. The fraction of sp³-hybridized carbons (Fsp3) is 0.500. The third kappa shape index (κ3) is 2.68. The van der Waals surface area contributed by atoms with Gasteiger partial charge in [0.05, 0.1) is 0 Å². The van der Waals surface area contributed by atoms with Crippen LogP contribution < -0.4 is 5.73 Å². The van der Waals surface area contributed by atoms with E-state index in [1.807, 2.05) is 24.8 Å². The second-order valence-corrected chi connectivity index (χ2v) is 5.55. The minimum Gasteiger partial charge on any atom is -0.338 e. The predicted octanol–water partition coefficient (Wildman–Crippen LogP) is 2.46. The van der Waals surface area contributed by atoms with Crippen LogP contribution in [0.1, 0.15) is 29.3 Å². The number of aryl methyl sites for hydroxylation is 1. The summed E-state index contributed by atoms with van der Waals surface area (Å²) in [5.41, 5.74) is 7.56. The lowest BCUT2D eigenvalue weighted by molar-refractivity contribution is 0.0785. The number of carbonyl (C=O) groups is 1. The standard InChI is InChI=1S/C14H19ClN2O/c1-9-7-12(15)3-4-13(9)14(18)17-6-5-11(8-17)10(2)16/h3-4,7,10-11H,5-6,8,16H2,1-2H3. The fourth-order valence-corrected chi connectivity index (χ4v) is 2.66. The molecule has 1 amide bonds. The lowest BCUT2D eigenvalue weighted by Crippen LogP contribution is -2.33. The third-order valence-corrected chi connectivity index (χ3v) is 3.91. The number of benzene rings is 1. The van der Waals surface area contributed by atoms with Gasteiger partial charge in [-0.05, 0) is 49.9 Å². The van der Waals surface area contributed by atoms with Gasteiger partial charge in [0.25, 0.3) is 5.91 Å². The van der Waals surface area contributed by atoms with Crippen LogP contribution in [0.3, 0.4) is 0 Å². The summed E-state index contributed by atoms with van der Waals surface area (Å²) in [6.45, 7) is 5.48. The Morgan fingerprint density at radius 3 is 2.83 bits per heavy atom. The van der Waals surface area contributed by atoms with Crippen molar-refractivity contribution in [1.82, 2.24) is 4.90 Å². The Balaban J connectivity index is 2.13. The Kier molecular flexibility index (Phi) is 3.93. The normalized spacial score (nSPS) is 21.1. The van der Waals surface area contributed by atoms with Crippen LogP contribution in [0.5, 0.6) is 0 Å². The van der Waals surface area contributed by atoms with Gasteiger partial charge < -0.3 is 10.6 Å². The van der Waals surface area contributed by atoms with Gasteiger partial charge in [0.1, 0.15) is 0 Å². The molecule has 0 bridgehead atoms. The first-order chi connectivity index (χ1) is 8.49. The van der Waals surface area contributed by atoms with E-state index in [1.54, 1.807) is 12.1 Å². The lowest BCUT2D eigenvalue weighted by Gasteiger charge is -2.19. The van der Waals surface area contributed by atoms with Crippen molar-refractivity contribution >= 4 is 17.5 Å². The number of halogens is 1. The quantitative estimate of drug-likeness (QED) is 0.894. The average molecular weight is 267 g/mol. The van der Waals surface area contributed by atoms with Gasteiger partial charge in [-0.25, -0.2) is 0 Å². The van der Waals surface area contributed by atoms with Crippen LogP contribution >= 0.6 is 11.6 Å². The van der Waals surface area contributed by atoms with Gasteiger partial charge in [-0.2, -0.15) is 0 Å². The number of hydrogen-bond donors (Lipinski definition) is 1. The molecule has 98 valence electrons. The van der Waals surface area contributed by atoms with E-state index >= 15 is 0 Å². The average Bonchev–Trinajstić information content (AvgIpc) is 2.77. The molecule has 1 aliphatic rings. The maximum atomic E-state index is 12.4. The third-order valence-electron chi connectivity index (χ3n) is 3.67. The van der Waals surface area contributed by atoms with E-state index < -0.39 is 0 Å². The molecule has 0 saturated carbocycles. The van der Waals surface area contributed by atoms with Crippen LogP contribution in [0.25, 0.3) is 0 Å². The molecule has 2 rings (SSSR count). The van der Waals surface area contributed by atoms with Gasteiger partial charge in [-0.3, -0.25) is 4.79 Å². The summed E-state index contributed by atoms with van der Waals surface area (Å²) in [6, 6.07) is 5.54. The van der Waals surface area contributed by atoms with E-state index in [0.717, 1.165) is 30.6 Å². The monoisotopic (exact) mass is 266 g/mol. The highest BCUT2D eigenvalue weighted by molar-refractivity contribution is 6.30. The molecule has 1 aromatic carbocycles. The second kappa shape index (κ2) is 5.29. The van der Waals surface area contributed by atoms with Gasteiger partial charge in [0.15, 0.2) is 0 Å². The first kappa shape index (κ1) is 13.4. The number of amides is 1. The zero-order valence-corrected chi connectivity index (χ0v) is 11.6. The molecule has 1 aliphatic heterocycles. The molecule has 2 atom stereocenters. The Morgan fingerprint density at radius 1 is 1.56 bits per heavy atom. The molecule has 2 N–H and O–H groups in total. The molecule has 1 aromatic rings. The SMILES string of the molecule is Cc1cc(Cl)ccc1C(=O)N1CCC(C(C)N)C1. The Hall–Kier alpha value is -1.06. The topological polar surface area (TPSA) is 46.3 Å². The van der Waals surface area contributed by atoms with E-state index in [0.29, 0.717) is 10.9 Å². The zero-order chi connectivity index (χ0) is 13.3. The molecule has 18 heavy (non-hydrogen) atoms. The minimum absolute atomic E-state index is 0.0901. The van der Waals surface area contributed by atoms with Crippen molar-refractivity contribution in [3.63, 3.8) is 0 Å². The van der Waals surface area contributed by atoms with Gasteiger partial charge in [-0.1, -0.05) is 11.6 Å². The maximum Gasteiger partial charge on any atom is 0.254 e. The molecular weight excluding hydrogens is 248 g/mol. The predicted molar refractivity (Wildman–Crippen MR) is 73.8 cm³/mol. The van der Waals surface area contributed by atoms with Crippen molar-refractivity contribution in [1.29, 1.82) is 0 Å². The smallest absolute Gasteiger partial charge is 0.254 e. The summed E-state index contributed by atoms with van der Waals surface area (Å²) in [7, 11) is 0. The van der Waals surface area contributed by atoms with Crippen LogP contribution in [-0.2, 0) is 0 Å². The van der Waals surface area contributed by atoms with E-state index in [1.165, 1.54) is 0 Å². The van der Waals surface area contributed by atoms with Crippen molar-refractivity contribution < 1.29 is 4.79 Å². The molecular formula is C14H19ClN2O. The van der Waals surface area contributed by atoms with E-state index in [9.17, 15) is 4.79 Å². The molecule has 1 saturated heterocycles. The molecule has 0 aromatic heterocycles. The van der Waals surface area contributed by atoms with Crippen molar-refractivity contribution in [3.8, 4) is 0 Å². The highest BCUT2D eigenvalue weighted by Crippen LogP contribution is 2.23. The minimum atomic E-state index is 0.0901. The van der Waals surface area contributed by atoms with Gasteiger partial charge in [-0.15, -0.1) is 0 Å². The first-order valence-corrected chi connectivity index (χ1v) is 6.68. The maximum absolute atomic E-state index is 12.4. The van der Waals surface area contributed by atoms with Crippen LogP contribution in [-0.4, -0.2) is 29.9 Å². The van der Waals surface area contributed by atoms with E-state index in [4.69, 9.17) is 17.3 Å². The van der Waals surface area contributed by atoms with E-state index in [-0.39, 0.29) is 11.9 Å². The van der Waals surface area contributed by atoms with Crippen LogP contribution in [0.2, 0.25) is 5.02 Å². The van der Waals surface area contributed by atoms with Gasteiger partial charge >= 0.3 is 0 Å². The highest BCUT2D eigenvalue weighted by Gasteiger charge is 2.29. The van der Waals surface area contributed by atoms with Gasteiger partial charge in [0.2, 0.25) is 0 Å². The first-order valence-electron chi connectivity index (χ1n) is 6.30. The number of rotatable bonds is 2. The lowest BCUT2D eigenvalue weighted by atomic mass is 10.0. The number of carbonyl (C=O) groups excluding carboxylic acids is 1. The van der Waals surface area contributed by atoms with Crippen LogP contribution in [0, 0.1) is 12.8 Å². The Morgan fingerprint density at radius 2 is 2.28 bits per heavy atom. The summed E-state index contributed by atoms with van der Waals surface area (Å²) in [5.74, 6) is 0.508. The molecule has 1 heterocycles. The number of hydrogen-bond acceptors (Lipinski definition) is 2. The molecule has 3 nitrogen and oxygen atoms in total. The second-order valence-electron chi connectivity index (χ2n) is 5.12. The molecule has 0 spiro atoms. The van der Waals surface area contributed by atoms with Crippen molar-refractivity contribution in [2.24, 2.45) is 11.7 Å². The summed E-state index contributed by atoms with van der Waals surface area (Å²) < 4.78 is 0. The molecule has 2 unspecified atom stereocenters. The summed E-state index contributed by atoms with van der Waals surface area (Å²) in [6.07, 6.45) is 0.996. The Labute approximate surface area is 113 Å². The molecule has 0 aliphatic carbocycles. The molecule has 1 fully saturated rings. The van der Waals surface area contributed by atoms with Crippen LogP contribution in [0.15, 0.2) is 18.2 Å². The molecule has 0 radical (unpaired) electrons. The number of nitrogens with two attached hydrogens (primary N) is 1. The van der Waals surface area contributed by atoms with Crippen molar-refractivity contribution in [2.45, 2.75) is 26.3 Å². The largest absolute Gasteiger partial charge is 0.338 e. The van der Waals surface area contributed by atoms with Crippen LogP contribution in [0.4, 0.5) is 0 Å². The fourth-order valence-electron chi connectivity index (χ4n) is 2.44. The van der Waals surface area contributed by atoms with E-state index in [2.05, 4.69) is 0 Å².